The van der Waals surface area contributed by atoms with Crippen LogP contribution in [0.15, 0.2) is 28.8 Å². The number of aryl methyl sites for hydroxylation is 1. The second-order valence-corrected chi connectivity index (χ2v) is 6.76. The van der Waals surface area contributed by atoms with Crippen LogP contribution in [0.1, 0.15) is 30.3 Å². The molecule has 0 spiro atoms. The third kappa shape index (κ3) is 3.43. The Labute approximate surface area is 136 Å². The molecular formula is C17H23N5O. The Kier molecular flexibility index (Phi) is 4.10. The molecule has 2 bridgehead atoms. The van der Waals surface area contributed by atoms with Crippen molar-refractivity contribution in [3.63, 3.8) is 0 Å². The highest BCUT2D eigenvalue weighted by Crippen LogP contribution is 2.29. The highest BCUT2D eigenvalue weighted by molar-refractivity contribution is 5.04. The van der Waals surface area contributed by atoms with Gasteiger partial charge in [-0.25, -0.2) is 0 Å². The van der Waals surface area contributed by atoms with Gasteiger partial charge in [-0.05, 0) is 30.9 Å². The van der Waals surface area contributed by atoms with E-state index in [1.54, 1.807) is 0 Å². The van der Waals surface area contributed by atoms with E-state index in [0.717, 1.165) is 50.2 Å². The number of hydrogen-bond donors (Lipinski definition) is 0. The number of rotatable bonds is 4. The molecule has 5 heterocycles. The van der Waals surface area contributed by atoms with Crippen molar-refractivity contribution >= 4 is 0 Å². The van der Waals surface area contributed by atoms with Crippen LogP contribution in [-0.2, 0) is 13.1 Å². The molecule has 2 atom stereocenters. The Morgan fingerprint density at radius 3 is 2.87 bits per heavy atom. The summed E-state index contributed by atoms with van der Waals surface area (Å²) in [5.74, 6) is 2.12. The average molecular weight is 313 g/mol. The lowest BCUT2D eigenvalue weighted by molar-refractivity contribution is 0.111. The summed E-state index contributed by atoms with van der Waals surface area (Å²) < 4.78 is 5.57. The molecule has 0 saturated carbocycles. The van der Waals surface area contributed by atoms with E-state index < -0.39 is 0 Å². The third-order valence-corrected chi connectivity index (χ3v) is 4.92. The Morgan fingerprint density at radius 1 is 1.13 bits per heavy atom. The maximum Gasteiger partial charge on any atom is 0.230 e. The fourth-order valence-electron chi connectivity index (χ4n) is 3.89. The quantitative estimate of drug-likeness (QED) is 0.859. The van der Waals surface area contributed by atoms with E-state index in [2.05, 4.69) is 37.1 Å². The zero-order chi connectivity index (χ0) is 15.6. The van der Waals surface area contributed by atoms with Gasteiger partial charge in [-0.2, -0.15) is 0 Å². The standard InChI is InChI=1S/C17H23N5O/c1-13-19-20-17(23-13)12-22-9-14-5-6-16(22)11-21(8-14)10-15-4-2-3-7-18-15/h2-4,7,14,16H,5-6,8-12H2,1H3/t14-,16+/m1/s1. The van der Waals surface area contributed by atoms with Crippen molar-refractivity contribution in [2.24, 2.45) is 5.92 Å². The second kappa shape index (κ2) is 6.37. The van der Waals surface area contributed by atoms with Gasteiger partial charge in [0.2, 0.25) is 11.8 Å². The van der Waals surface area contributed by atoms with Crippen molar-refractivity contribution in [3.8, 4) is 0 Å². The molecular weight excluding hydrogens is 290 g/mol. The molecule has 0 unspecified atom stereocenters. The van der Waals surface area contributed by atoms with Gasteiger partial charge in [0, 0.05) is 45.3 Å². The average Bonchev–Trinajstić information content (AvgIpc) is 2.77. The first-order chi connectivity index (χ1) is 11.3. The monoisotopic (exact) mass is 313 g/mol. The van der Waals surface area contributed by atoms with Gasteiger partial charge in [-0.3, -0.25) is 14.8 Å². The van der Waals surface area contributed by atoms with Gasteiger partial charge >= 0.3 is 0 Å². The van der Waals surface area contributed by atoms with Crippen LogP contribution in [0.5, 0.6) is 0 Å². The number of fused-ring (bicyclic) bond motifs is 4. The van der Waals surface area contributed by atoms with Crippen molar-refractivity contribution in [1.29, 1.82) is 0 Å². The Morgan fingerprint density at radius 2 is 2.09 bits per heavy atom. The summed E-state index contributed by atoms with van der Waals surface area (Å²) in [7, 11) is 0. The maximum atomic E-state index is 5.57. The summed E-state index contributed by atoms with van der Waals surface area (Å²) in [6, 6.07) is 6.73. The number of nitrogens with zero attached hydrogens (tertiary/aromatic N) is 5. The molecule has 0 N–H and O–H groups in total. The molecule has 3 aliphatic rings. The number of pyridine rings is 1. The van der Waals surface area contributed by atoms with Crippen molar-refractivity contribution in [3.05, 3.63) is 41.9 Å². The zero-order valence-corrected chi connectivity index (χ0v) is 13.6. The largest absolute Gasteiger partial charge is 0.424 e. The van der Waals surface area contributed by atoms with Crippen molar-refractivity contribution < 1.29 is 4.42 Å². The molecule has 3 aliphatic heterocycles. The summed E-state index contributed by atoms with van der Waals surface area (Å²) in [4.78, 5) is 9.56. The molecule has 2 aromatic rings. The third-order valence-electron chi connectivity index (χ3n) is 4.92. The van der Waals surface area contributed by atoms with Crippen LogP contribution in [0, 0.1) is 12.8 Å². The minimum Gasteiger partial charge on any atom is -0.424 e. The van der Waals surface area contributed by atoms with Gasteiger partial charge in [0.25, 0.3) is 0 Å². The molecule has 2 aromatic heterocycles. The van der Waals surface area contributed by atoms with Crippen LogP contribution in [0.25, 0.3) is 0 Å². The van der Waals surface area contributed by atoms with Gasteiger partial charge in [0.15, 0.2) is 0 Å². The first-order valence-corrected chi connectivity index (χ1v) is 8.41. The fraction of sp³-hybridized carbons (Fsp3) is 0.588. The molecule has 0 radical (unpaired) electrons. The van der Waals surface area contributed by atoms with Gasteiger partial charge in [0.1, 0.15) is 0 Å². The van der Waals surface area contributed by atoms with E-state index in [9.17, 15) is 0 Å². The summed E-state index contributed by atoms with van der Waals surface area (Å²) in [6.45, 7) is 6.96. The SMILES string of the molecule is Cc1nnc(CN2C[C@@H]3CC[C@H]2CN(Cc2ccccn2)C3)o1. The van der Waals surface area contributed by atoms with Gasteiger partial charge < -0.3 is 4.42 Å². The molecule has 0 amide bonds. The predicted octanol–water partition coefficient (Wildman–Crippen LogP) is 1.87. The normalized spacial score (nSPS) is 25.6. The minimum atomic E-state index is 0.574. The van der Waals surface area contributed by atoms with Crippen molar-refractivity contribution in [2.45, 2.75) is 38.9 Å². The lowest BCUT2D eigenvalue weighted by Crippen LogP contribution is -2.43. The molecule has 6 nitrogen and oxygen atoms in total. The summed E-state index contributed by atoms with van der Waals surface area (Å²) in [5, 5.41) is 8.11. The zero-order valence-electron chi connectivity index (χ0n) is 13.6. The number of piperidine rings is 1. The lowest BCUT2D eigenvalue weighted by Gasteiger charge is -2.35. The molecule has 23 heavy (non-hydrogen) atoms. The summed E-state index contributed by atoms with van der Waals surface area (Å²) in [6.07, 6.45) is 4.46. The lowest BCUT2D eigenvalue weighted by atomic mass is 9.95. The van der Waals surface area contributed by atoms with Crippen LogP contribution < -0.4 is 0 Å². The first-order valence-electron chi connectivity index (χ1n) is 8.41. The Bertz CT molecular complexity index is 643. The molecule has 3 fully saturated rings. The van der Waals surface area contributed by atoms with E-state index in [4.69, 9.17) is 4.42 Å². The number of aromatic nitrogens is 3. The van der Waals surface area contributed by atoms with E-state index in [-0.39, 0.29) is 0 Å². The minimum absolute atomic E-state index is 0.574. The topological polar surface area (TPSA) is 58.3 Å². The van der Waals surface area contributed by atoms with E-state index in [1.165, 1.54) is 12.8 Å². The highest BCUT2D eigenvalue weighted by atomic mass is 16.4. The molecule has 0 aliphatic carbocycles. The van der Waals surface area contributed by atoms with Crippen molar-refractivity contribution in [2.75, 3.05) is 19.6 Å². The molecule has 3 saturated heterocycles. The fourth-order valence-corrected chi connectivity index (χ4v) is 3.89. The highest BCUT2D eigenvalue weighted by Gasteiger charge is 2.35. The van der Waals surface area contributed by atoms with Crippen LogP contribution in [-0.4, -0.2) is 50.7 Å². The maximum absolute atomic E-state index is 5.57. The number of hydrogen-bond acceptors (Lipinski definition) is 6. The van der Waals surface area contributed by atoms with E-state index in [0.29, 0.717) is 11.9 Å². The van der Waals surface area contributed by atoms with E-state index >= 15 is 0 Å². The van der Waals surface area contributed by atoms with Crippen LogP contribution in [0.3, 0.4) is 0 Å². The summed E-state index contributed by atoms with van der Waals surface area (Å²) in [5.41, 5.74) is 1.16. The molecule has 122 valence electrons. The Hall–Kier alpha value is -1.79. The smallest absolute Gasteiger partial charge is 0.230 e. The van der Waals surface area contributed by atoms with Gasteiger partial charge in [0.05, 0.1) is 12.2 Å². The summed E-state index contributed by atoms with van der Waals surface area (Å²) >= 11 is 0. The van der Waals surface area contributed by atoms with Crippen LogP contribution in [0.2, 0.25) is 0 Å². The predicted molar refractivity (Wildman–Crippen MR) is 85.5 cm³/mol. The first kappa shape index (κ1) is 14.8. The van der Waals surface area contributed by atoms with Crippen LogP contribution >= 0.6 is 0 Å². The van der Waals surface area contributed by atoms with Gasteiger partial charge in [-0.1, -0.05) is 6.07 Å². The second-order valence-electron chi connectivity index (χ2n) is 6.76. The molecule has 0 aromatic carbocycles. The van der Waals surface area contributed by atoms with Gasteiger partial charge in [-0.15, -0.1) is 10.2 Å². The Balaban J connectivity index is 1.44. The van der Waals surface area contributed by atoms with Crippen LogP contribution in [0.4, 0.5) is 0 Å². The molecule has 5 rings (SSSR count). The molecule has 6 heteroatoms. The van der Waals surface area contributed by atoms with E-state index in [1.807, 2.05) is 19.2 Å². The van der Waals surface area contributed by atoms with Crippen molar-refractivity contribution in [1.82, 2.24) is 25.0 Å².